The number of aryl methyl sites for hydroxylation is 1. The average Bonchev–Trinajstić information content (AvgIpc) is 3.86. The van der Waals surface area contributed by atoms with Gasteiger partial charge < -0.3 is 28.6 Å². The van der Waals surface area contributed by atoms with Crippen LogP contribution in [0.5, 0.6) is 5.75 Å². The van der Waals surface area contributed by atoms with Crippen LogP contribution < -0.4 is 9.64 Å². The minimum absolute atomic E-state index is 0.0678. The Kier molecular flexibility index (Phi) is 10.4. The summed E-state index contributed by atoms with van der Waals surface area (Å²) < 4.78 is 23.0. The number of nitrogens with zero attached hydrogens (tertiary/aromatic N) is 5. The summed E-state index contributed by atoms with van der Waals surface area (Å²) in [6.07, 6.45) is 12.3. The second kappa shape index (κ2) is 15.1. The van der Waals surface area contributed by atoms with E-state index in [1.807, 2.05) is 25.1 Å². The molecule has 2 amide bonds. The van der Waals surface area contributed by atoms with Gasteiger partial charge >= 0.3 is 6.09 Å². The molecule has 12 nitrogen and oxygen atoms in total. The number of hydrogen-bond donors (Lipinski definition) is 1. The van der Waals surface area contributed by atoms with E-state index in [0.717, 1.165) is 92.1 Å². The molecule has 3 aliphatic carbocycles. The van der Waals surface area contributed by atoms with E-state index < -0.39 is 11.7 Å². The Morgan fingerprint density at radius 2 is 1.78 bits per heavy atom. The zero-order valence-electron chi connectivity index (χ0n) is 29.2. The van der Waals surface area contributed by atoms with Crippen LogP contribution in [0.25, 0.3) is 11.3 Å². The Balaban J connectivity index is 1.12. The number of aliphatic hydroxyl groups excluding tert-OH is 1. The zero-order chi connectivity index (χ0) is 34.7. The van der Waals surface area contributed by atoms with E-state index in [4.69, 9.17) is 38.7 Å². The summed E-state index contributed by atoms with van der Waals surface area (Å²) in [7, 11) is 1.66. The first-order valence-electron chi connectivity index (χ1n) is 18.3. The van der Waals surface area contributed by atoms with Gasteiger partial charge in [0.15, 0.2) is 11.5 Å². The van der Waals surface area contributed by atoms with Crippen molar-refractivity contribution in [2.45, 2.75) is 101 Å². The second-order valence-corrected chi connectivity index (χ2v) is 14.4. The SMILES string of the molecule is COc1ccc(C2CCC(CN(C(=O)C3(OC(=O)N4CC(OCCO)C4)CCCCC3)c3cc(-c4coc(C5CC5)n4)ccn3)CC2)nc1C. The van der Waals surface area contributed by atoms with Gasteiger partial charge in [0, 0.05) is 35.8 Å². The predicted octanol–water partition coefficient (Wildman–Crippen LogP) is 6.17. The molecule has 3 saturated carbocycles. The average molecular weight is 688 g/mol. The summed E-state index contributed by atoms with van der Waals surface area (Å²) in [6, 6.07) is 7.88. The number of methoxy groups -OCH3 is 1. The summed E-state index contributed by atoms with van der Waals surface area (Å²) in [5, 5.41) is 9.09. The zero-order valence-corrected chi connectivity index (χ0v) is 29.2. The number of oxazole rings is 1. The number of rotatable bonds is 12. The molecule has 0 radical (unpaired) electrons. The minimum Gasteiger partial charge on any atom is -0.495 e. The Hall–Kier alpha value is -4.03. The van der Waals surface area contributed by atoms with Gasteiger partial charge in [-0.2, -0.15) is 0 Å². The molecule has 3 aromatic rings. The van der Waals surface area contributed by atoms with E-state index in [9.17, 15) is 9.59 Å². The highest BCUT2D eigenvalue weighted by Crippen LogP contribution is 2.42. The normalized spacial score (nSPS) is 22.1. The van der Waals surface area contributed by atoms with Crippen LogP contribution in [0.3, 0.4) is 0 Å². The van der Waals surface area contributed by atoms with Crippen LogP contribution in [-0.4, -0.2) is 88.6 Å². The van der Waals surface area contributed by atoms with Crippen molar-refractivity contribution in [2.75, 3.05) is 44.9 Å². The van der Waals surface area contributed by atoms with Gasteiger partial charge in [0.1, 0.15) is 23.5 Å². The number of amides is 2. The molecule has 1 saturated heterocycles. The first kappa shape index (κ1) is 34.4. The molecule has 4 aliphatic rings. The van der Waals surface area contributed by atoms with Gasteiger partial charge in [-0.25, -0.2) is 14.8 Å². The van der Waals surface area contributed by atoms with Gasteiger partial charge in [-0.1, -0.05) is 6.42 Å². The molecule has 0 bridgehead atoms. The number of pyridine rings is 2. The van der Waals surface area contributed by atoms with Gasteiger partial charge in [0.05, 0.1) is 45.2 Å². The molecule has 12 heteroatoms. The van der Waals surface area contributed by atoms with E-state index in [0.29, 0.717) is 50.1 Å². The lowest BCUT2D eigenvalue weighted by Gasteiger charge is -2.43. The highest BCUT2D eigenvalue weighted by atomic mass is 16.6. The number of aromatic nitrogens is 3. The summed E-state index contributed by atoms with van der Waals surface area (Å²) in [4.78, 5) is 46.2. The fraction of sp³-hybridized carbons (Fsp3) is 0.605. The molecule has 0 atom stereocenters. The van der Waals surface area contributed by atoms with Crippen molar-refractivity contribution in [3.8, 4) is 17.0 Å². The molecule has 0 spiro atoms. The van der Waals surface area contributed by atoms with Crippen molar-refractivity contribution < 1.29 is 33.3 Å². The van der Waals surface area contributed by atoms with Crippen LogP contribution in [0, 0.1) is 12.8 Å². The molecule has 4 heterocycles. The fourth-order valence-electron chi connectivity index (χ4n) is 7.73. The Morgan fingerprint density at radius 3 is 2.48 bits per heavy atom. The maximum Gasteiger partial charge on any atom is 0.411 e. The van der Waals surface area contributed by atoms with E-state index in [1.54, 1.807) is 29.4 Å². The van der Waals surface area contributed by atoms with Crippen LogP contribution in [-0.2, 0) is 14.3 Å². The molecule has 7 rings (SSSR count). The van der Waals surface area contributed by atoms with Crippen molar-refractivity contribution in [3.63, 3.8) is 0 Å². The maximum absolute atomic E-state index is 15.0. The lowest BCUT2D eigenvalue weighted by atomic mass is 9.79. The van der Waals surface area contributed by atoms with Crippen molar-refractivity contribution >= 4 is 17.8 Å². The van der Waals surface area contributed by atoms with Gasteiger partial charge in [-0.3, -0.25) is 14.7 Å². The van der Waals surface area contributed by atoms with Crippen LogP contribution >= 0.6 is 0 Å². The fourth-order valence-corrected chi connectivity index (χ4v) is 7.73. The van der Waals surface area contributed by atoms with Crippen molar-refractivity contribution in [1.82, 2.24) is 19.9 Å². The highest BCUT2D eigenvalue weighted by molar-refractivity contribution is 6.00. The van der Waals surface area contributed by atoms with E-state index in [-0.39, 0.29) is 31.1 Å². The van der Waals surface area contributed by atoms with Crippen LogP contribution in [0.2, 0.25) is 0 Å². The maximum atomic E-state index is 15.0. The standard InChI is InChI=1S/C38H49N5O7/c1-25-33(47-2)13-12-31(40-25)27-8-6-26(7-9-27)21-43(34-20-29(14-17-39-34)32-24-49-35(41-32)28-10-11-28)36(45)38(15-4-3-5-16-38)50-37(46)42-22-30(23-42)48-19-18-44/h12-14,17,20,24,26-28,30,44H,3-11,15-16,18-19,21-23H2,1-2H3. The molecule has 50 heavy (non-hydrogen) atoms. The molecule has 3 aromatic heterocycles. The molecule has 4 fully saturated rings. The summed E-state index contributed by atoms with van der Waals surface area (Å²) in [5.74, 6) is 2.85. The topological polar surface area (TPSA) is 140 Å². The van der Waals surface area contributed by atoms with Crippen LogP contribution in [0.15, 0.2) is 41.1 Å². The van der Waals surface area contributed by atoms with Gasteiger partial charge in [-0.15, -0.1) is 0 Å². The summed E-state index contributed by atoms with van der Waals surface area (Å²) in [6.45, 7) is 3.37. The third-order valence-electron chi connectivity index (χ3n) is 10.9. The number of anilines is 1. The van der Waals surface area contributed by atoms with Gasteiger partial charge in [0.2, 0.25) is 0 Å². The molecule has 1 N–H and O–H groups in total. The molecular weight excluding hydrogens is 638 g/mol. The van der Waals surface area contributed by atoms with Crippen LogP contribution in [0.1, 0.15) is 99.7 Å². The molecule has 268 valence electrons. The van der Waals surface area contributed by atoms with Crippen LogP contribution in [0.4, 0.5) is 10.6 Å². The minimum atomic E-state index is -1.28. The molecule has 1 aliphatic heterocycles. The van der Waals surface area contributed by atoms with Crippen molar-refractivity contribution in [2.24, 2.45) is 5.92 Å². The van der Waals surface area contributed by atoms with Gasteiger partial charge in [0.25, 0.3) is 5.91 Å². The second-order valence-electron chi connectivity index (χ2n) is 14.4. The third kappa shape index (κ3) is 7.51. The van der Waals surface area contributed by atoms with E-state index in [2.05, 4.69) is 6.07 Å². The number of aliphatic hydroxyl groups is 1. The lowest BCUT2D eigenvalue weighted by Crippen LogP contribution is -2.60. The Morgan fingerprint density at radius 1 is 1.02 bits per heavy atom. The molecule has 0 aromatic carbocycles. The van der Waals surface area contributed by atoms with E-state index >= 15 is 0 Å². The first-order valence-corrected chi connectivity index (χ1v) is 18.3. The smallest absolute Gasteiger partial charge is 0.411 e. The quantitative estimate of drug-likeness (QED) is 0.235. The predicted molar refractivity (Wildman–Crippen MR) is 185 cm³/mol. The summed E-state index contributed by atoms with van der Waals surface area (Å²) >= 11 is 0. The Labute approximate surface area is 293 Å². The Bertz CT molecular complexity index is 1640. The largest absolute Gasteiger partial charge is 0.495 e. The highest BCUT2D eigenvalue weighted by Gasteiger charge is 2.49. The molecular formula is C38H49N5O7. The number of hydrogen-bond acceptors (Lipinski definition) is 10. The molecule has 0 unspecified atom stereocenters. The number of carbonyl (C=O) groups excluding carboxylic acids is 2. The number of carbonyl (C=O) groups is 2. The summed E-state index contributed by atoms with van der Waals surface area (Å²) in [5.41, 5.74) is 2.26. The third-order valence-corrected chi connectivity index (χ3v) is 10.9. The van der Waals surface area contributed by atoms with Crippen molar-refractivity contribution in [1.29, 1.82) is 0 Å². The monoisotopic (exact) mass is 687 g/mol. The first-order chi connectivity index (χ1) is 24.4. The number of ether oxygens (including phenoxy) is 3. The lowest BCUT2D eigenvalue weighted by molar-refractivity contribution is -0.144. The number of likely N-dealkylation sites (tertiary alicyclic amines) is 1. The van der Waals surface area contributed by atoms with Crippen molar-refractivity contribution in [3.05, 3.63) is 54.0 Å². The van der Waals surface area contributed by atoms with Gasteiger partial charge in [-0.05, 0) is 101 Å². The van der Waals surface area contributed by atoms with E-state index in [1.165, 1.54) is 0 Å².